The molecule has 4 nitrogen and oxygen atoms in total. The number of primary amides is 1. The summed E-state index contributed by atoms with van der Waals surface area (Å²) in [6, 6.07) is 0. The van der Waals surface area contributed by atoms with Crippen LogP contribution in [0.4, 0.5) is 0 Å². The van der Waals surface area contributed by atoms with E-state index in [0.29, 0.717) is 12.8 Å². The molecule has 0 fully saturated rings. The van der Waals surface area contributed by atoms with Crippen LogP contribution in [0.3, 0.4) is 0 Å². The minimum absolute atomic E-state index is 0.151. The minimum Gasteiger partial charge on any atom is -0.481 e. The van der Waals surface area contributed by atoms with Gasteiger partial charge in [0.05, 0.1) is 0 Å². The number of hydrogen-bond acceptors (Lipinski definition) is 2. The van der Waals surface area contributed by atoms with Crippen LogP contribution in [0.1, 0.15) is 270 Å². The van der Waals surface area contributed by atoms with E-state index in [1.54, 1.807) is 0 Å². The zero-order chi connectivity index (χ0) is 34.9. The van der Waals surface area contributed by atoms with Crippen LogP contribution in [0.5, 0.6) is 0 Å². The summed E-state index contributed by atoms with van der Waals surface area (Å²) in [5.74, 6) is -0.801. The highest BCUT2D eigenvalue weighted by atomic mass is 16.4. The number of carboxylic acids is 1. The highest BCUT2D eigenvalue weighted by Crippen LogP contribution is 2.18. The summed E-state index contributed by atoms with van der Waals surface area (Å²) < 4.78 is 0. The molecular weight excluding hydrogens is 590 g/mol. The molecule has 0 bridgehead atoms. The highest BCUT2D eigenvalue weighted by Gasteiger charge is 1.99. The van der Waals surface area contributed by atoms with Gasteiger partial charge in [-0.2, -0.15) is 0 Å². The molecule has 0 aliphatic carbocycles. The van der Waals surface area contributed by atoms with Gasteiger partial charge in [0.25, 0.3) is 0 Å². The van der Waals surface area contributed by atoms with E-state index in [-0.39, 0.29) is 5.91 Å². The molecule has 0 atom stereocenters. The second-order valence-corrected chi connectivity index (χ2v) is 15.5. The summed E-state index contributed by atoms with van der Waals surface area (Å²) in [4.78, 5) is 21.2. The molecule has 0 aromatic rings. The number of unbranched alkanes of at least 4 members (excludes halogenated alkanes) is 39. The van der Waals surface area contributed by atoms with Gasteiger partial charge >= 0.3 is 5.97 Å². The Morgan fingerprint density at radius 3 is 0.500 bits per heavy atom. The van der Waals surface area contributed by atoms with E-state index in [0.717, 1.165) is 25.7 Å². The lowest BCUT2D eigenvalue weighted by Gasteiger charge is -2.05. The molecule has 48 heavy (non-hydrogen) atoms. The van der Waals surface area contributed by atoms with Crippen molar-refractivity contribution in [1.82, 2.24) is 0 Å². The number of carbonyl (C=O) groups excluding carboxylic acids is 1. The Labute approximate surface area is 301 Å². The average molecular weight is 678 g/mol. The van der Waals surface area contributed by atoms with Crippen LogP contribution in [0.25, 0.3) is 0 Å². The van der Waals surface area contributed by atoms with Gasteiger partial charge in [0.15, 0.2) is 0 Å². The monoisotopic (exact) mass is 678 g/mol. The average Bonchev–Trinajstić information content (AvgIpc) is 3.06. The van der Waals surface area contributed by atoms with E-state index < -0.39 is 5.97 Å². The van der Waals surface area contributed by atoms with Gasteiger partial charge in [-0.3, -0.25) is 9.59 Å². The van der Waals surface area contributed by atoms with Gasteiger partial charge in [-0.05, 0) is 12.8 Å². The number of amides is 1. The first-order valence-corrected chi connectivity index (χ1v) is 22.1. The standard InChI is InChI=1S/C44H87NO3/c45-43(46)41-39-37-35-33-31-29-27-25-23-21-19-17-15-13-11-9-7-5-3-1-2-4-6-8-10-12-14-16-18-20-22-24-26-28-30-32-34-36-38-40-42-44(47)48/h1-42H2,(H2,45,46)(H,47,48). The Morgan fingerprint density at radius 1 is 0.250 bits per heavy atom. The molecule has 0 aliphatic rings. The van der Waals surface area contributed by atoms with Crippen molar-refractivity contribution in [2.75, 3.05) is 0 Å². The van der Waals surface area contributed by atoms with Gasteiger partial charge < -0.3 is 10.8 Å². The van der Waals surface area contributed by atoms with Crippen molar-refractivity contribution >= 4 is 11.9 Å². The van der Waals surface area contributed by atoms with Gasteiger partial charge in [-0.15, -0.1) is 0 Å². The molecule has 4 heteroatoms. The van der Waals surface area contributed by atoms with Crippen molar-refractivity contribution in [2.24, 2.45) is 5.73 Å². The van der Waals surface area contributed by atoms with E-state index in [9.17, 15) is 9.59 Å². The maximum absolute atomic E-state index is 10.7. The van der Waals surface area contributed by atoms with Crippen LogP contribution in [-0.4, -0.2) is 17.0 Å². The molecule has 1 amide bonds. The van der Waals surface area contributed by atoms with Crippen molar-refractivity contribution in [3.63, 3.8) is 0 Å². The molecule has 0 unspecified atom stereocenters. The van der Waals surface area contributed by atoms with Crippen LogP contribution in [0.2, 0.25) is 0 Å². The van der Waals surface area contributed by atoms with Crippen molar-refractivity contribution < 1.29 is 14.7 Å². The Balaban J connectivity index is 3.05. The van der Waals surface area contributed by atoms with Crippen LogP contribution in [0, 0.1) is 0 Å². The largest absolute Gasteiger partial charge is 0.481 e. The molecule has 3 N–H and O–H groups in total. The summed E-state index contributed by atoms with van der Waals surface area (Å²) >= 11 is 0. The number of aliphatic carboxylic acids is 1. The van der Waals surface area contributed by atoms with E-state index in [1.807, 2.05) is 0 Å². The Morgan fingerprint density at radius 2 is 0.375 bits per heavy atom. The lowest BCUT2D eigenvalue weighted by molar-refractivity contribution is -0.137. The number of hydrogen-bond donors (Lipinski definition) is 2. The predicted molar refractivity (Wildman–Crippen MR) is 211 cm³/mol. The summed E-state index contributed by atoms with van der Waals surface area (Å²) in [6.07, 6.45) is 56.1. The maximum atomic E-state index is 10.7. The molecule has 0 heterocycles. The van der Waals surface area contributed by atoms with Gasteiger partial charge in [0.2, 0.25) is 5.91 Å². The Bertz CT molecular complexity index is 583. The lowest BCUT2D eigenvalue weighted by atomic mass is 10.0. The fourth-order valence-electron chi connectivity index (χ4n) is 7.29. The highest BCUT2D eigenvalue weighted by molar-refractivity contribution is 5.73. The van der Waals surface area contributed by atoms with Gasteiger partial charge in [-0.25, -0.2) is 0 Å². The molecular formula is C44H87NO3. The van der Waals surface area contributed by atoms with Crippen molar-refractivity contribution in [2.45, 2.75) is 270 Å². The molecule has 286 valence electrons. The summed E-state index contributed by atoms with van der Waals surface area (Å²) in [7, 11) is 0. The fraction of sp³-hybridized carbons (Fsp3) is 0.955. The molecule has 0 aromatic heterocycles. The van der Waals surface area contributed by atoms with Crippen LogP contribution < -0.4 is 5.73 Å². The molecule has 0 aromatic carbocycles. The molecule has 0 spiro atoms. The first-order valence-electron chi connectivity index (χ1n) is 22.1. The Kier molecular flexibility index (Phi) is 41.2. The zero-order valence-electron chi connectivity index (χ0n) is 32.5. The second kappa shape index (κ2) is 42.1. The van der Waals surface area contributed by atoms with Crippen molar-refractivity contribution in [3.05, 3.63) is 0 Å². The smallest absolute Gasteiger partial charge is 0.303 e. The predicted octanol–water partition coefficient (Wildman–Crippen LogP) is 14.9. The molecule has 0 saturated heterocycles. The normalized spacial score (nSPS) is 11.4. The molecule has 0 rings (SSSR count). The van der Waals surface area contributed by atoms with Gasteiger partial charge in [0, 0.05) is 12.8 Å². The fourth-order valence-corrected chi connectivity index (χ4v) is 7.29. The molecule has 0 saturated carbocycles. The van der Waals surface area contributed by atoms with E-state index in [4.69, 9.17) is 10.8 Å². The number of rotatable bonds is 43. The number of carbonyl (C=O) groups is 2. The van der Waals surface area contributed by atoms with E-state index >= 15 is 0 Å². The summed E-state index contributed by atoms with van der Waals surface area (Å²) in [5, 5.41) is 8.65. The third-order valence-corrected chi connectivity index (χ3v) is 10.6. The van der Waals surface area contributed by atoms with Crippen LogP contribution in [-0.2, 0) is 9.59 Å². The Hall–Kier alpha value is -1.06. The second-order valence-electron chi connectivity index (χ2n) is 15.5. The molecule has 0 aliphatic heterocycles. The van der Waals surface area contributed by atoms with Crippen molar-refractivity contribution in [3.8, 4) is 0 Å². The topological polar surface area (TPSA) is 80.4 Å². The number of carboxylic acid groups (broad SMARTS) is 1. The quantitative estimate of drug-likeness (QED) is 0.0630. The van der Waals surface area contributed by atoms with Crippen LogP contribution in [0.15, 0.2) is 0 Å². The number of nitrogens with two attached hydrogens (primary N) is 1. The lowest BCUT2D eigenvalue weighted by Crippen LogP contribution is -2.09. The third kappa shape index (κ3) is 44.9. The SMILES string of the molecule is NC(=O)CCCCCCCCCCCCCCCCCCCCCCCCCCCCCCCCCCCCCCCCCCC(=O)O. The van der Waals surface area contributed by atoms with E-state index in [1.165, 1.54) is 231 Å². The van der Waals surface area contributed by atoms with Crippen molar-refractivity contribution in [1.29, 1.82) is 0 Å². The summed E-state index contributed by atoms with van der Waals surface area (Å²) in [5.41, 5.74) is 5.18. The summed E-state index contributed by atoms with van der Waals surface area (Å²) in [6.45, 7) is 0. The van der Waals surface area contributed by atoms with E-state index in [2.05, 4.69) is 0 Å². The van der Waals surface area contributed by atoms with Crippen LogP contribution >= 0.6 is 0 Å². The first-order chi connectivity index (χ1) is 23.6. The molecule has 0 radical (unpaired) electrons. The van der Waals surface area contributed by atoms with Gasteiger partial charge in [-0.1, -0.05) is 244 Å². The van der Waals surface area contributed by atoms with Gasteiger partial charge in [0.1, 0.15) is 0 Å². The maximum Gasteiger partial charge on any atom is 0.303 e. The third-order valence-electron chi connectivity index (χ3n) is 10.6. The first kappa shape index (κ1) is 46.9. The minimum atomic E-state index is -0.650. The zero-order valence-corrected chi connectivity index (χ0v) is 32.5.